The van der Waals surface area contributed by atoms with Crippen LogP contribution in [0.5, 0.6) is 0 Å². The van der Waals surface area contributed by atoms with Crippen molar-refractivity contribution in [2.24, 2.45) is 5.92 Å². The van der Waals surface area contributed by atoms with E-state index in [1.165, 1.54) is 48.2 Å². The smallest absolute Gasteiger partial charge is 0.244 e. The van der Waals surface area contributed by atoms with Gasteiger partial charge >= 0.3 is 0 Å². The largest absolute Gasteiger partial charge is 0.354 e. The van der Waals surface area contributed by atoms with Crippen molar-refractivity contribution in [3.63, 3.8) is 0 Å². The van der Waals surface area contributed by atoms with E-state index < -0.39 is 46.1 Å². The van der Waals surface area contributed by atoms with Crippen molar-refractivity contribution in [3.05, 3.63) is 65.7 Å². The lowest BCUT2D eigenvalue weighted by Gasteiger charge is -2.31. The van der Waals surface area contributed by atoms with Gasteiger partial charge in [-0.2, -0.15) is 0 Å². The molecular formula is C23H29F2N3O4S. The topological polar surface area (TPSA) is 86.8 Å². The molecule has 0 aliphatic heterocycles. The predicted molar refractivity (Wildman–Crippen MR) is 123 cm³/mol. The van der Waals surface area contributed by atoms with Crippen molar-refractivity contribution in [2.75, 3.05) is 23.7 Å². The van der Waals surface area contributed by atoms with E-state index in [9.17, 15) is 26.8 Å². The molecule has 0 bridgehead atoms. The summed E-state index contributed by atoms with van der Waals surface area (Å²) in [7, 11) is -3.94. The first-order chi connectivity index (χ1) is 15.4. The predicted octanol–water partition coefficient (Wildman–Crippen LogP) is 2.92. The van der Waals surface area contributed by atoms with Gasteiger partial charge in [0.05, 0.1) is 11.9 Å². The van der Waals surface area contributed by atoms with Gasteiger partial charge in [0.25, 0.3) is 0 Å². The Morgan fingerprint density at radius 3 is 2.18 bits per heavy atom. The van der Waals surface area contributed by atoms with Crippen molar-refractivity contribution in [1.29, 1.82) is 0 Å². The van der Waals surface area contributed by atoms with Gasteiger partial charge in [0, 0.05) is 13.1 Å². The number of halogens is 2. The number of hydrogen-bond acceptors (Lipinski definition) is 4. The SMILES string of the molecule is CC(C)CNC(=O)C(C)N(Cc1ccc(F)cc1)C(=O)CN(c1cccc(F)c1)S(C)(=O)=O. The van der Waals surface area contributed by atoms with Crippen LogP contribution in [0.1, 0.15) is 26.3 Å². The van der Waals surface area contributed by atoms with E-state index in [0.717, 1.165) is 22.7 Å². The Morgan fingerprint density at radius 1 is 1.00 bits per heavy atom. The molecule has 0 heterocycles. The second kappa shape index (κ2) is 11.2. The molecule has 1 N–H and O–H groups in total. The Balaban J connectivity index is 2.35. The average molecular weight is 482 g/mol. The van der Waals surface area contributed by atoms with E-state index in [2.05, 4.69) is 5.32 Å². The van der Waals surface area contributed by atoms with Crippen molar-refractivity contribution >= 4 is 27.5 Å². The number of sulfonamides is 1. The number of nitrogens with one attached hydrogen (secondary N) is 1. The second-order valence-corrected chi connectivity index (χ2v) is 10.1. The summed E-state index contributed by atoms with van der Waals surface area (Å²) in [6, 6.07) is 9.38. The Kier molecular flexibility index (Phi) is 8.92. The molecule has 0 spiro atoms. The summed E-state index contributed by atoms with van der Waals surface area (Å²) in [6.45, 7) is 5.11. The number of amides is 2. The lowest BCUT2D eigenvalue weighted by Crippen LogP contribution is -2.51. The van der Waals surface area contributed by atoms with Gasteiger partial charge in [-0.05, 0) is 48.7 Å². The molecule has 2 aromatic carbocycles. The fourth-order valence-corrected chi connectivity index (χ4v) is 3.91. The van der Waals surface area contributed by atoms with Crippen molar-refractivity contribution in [3.8, 4) is 0 Å². The first-order valence-corrected chi connectivity index (χ1v) is 12.3. The van der Waals surface area contributed by atoms with Gasteiger partial charge in [0.1, 0.15) is 24.2 Å². The second-order valence-electron chi connectivity index (χ2n) is 8.21. The van der Waals surface area contributed by atoms with Crippen LogP contribution in [0.4, 0.5) is 14.5 Å². The van der Waals surface area contributed by atoms with Crippen LogP contribution in [0.3, 0.4) is 0 Å². The Morgan fingerprint density at radius 2 is 1.64 bits per heavy atom. The van der Waals surface area contributed by atoms with Crippen LogP contribution >= 0.6 is 0 Å². The van der Waals surface area contributed by atoms with Crippen LogP contribution in [-0.2, 0) is 26.2 Å². The first-order valence-electron chi connectivity index (χ1n) is 10.4. The van der Waals surface area contributed by atoms with Gasteiger partial charge in [-0.15, -0.1) is 0 Å². The zero-order valence-electron chi connectivity index (χ0n) is 19.1. The lowest BCUT2D eigenvalue weighted by molar-refractivity contribution is -0.139. The number of nitrogens with zero attached hydrogens (tertiary/aromatic N) is 2. The van der Waals surface area contributed by atoms with E-state index in [1.807, 2.05) is 13.8 Å². The van der Waals surface area contributed by atoms with Gasteiger partial charge in [-0.1, -0.05) is 32.0 Å². The summed E-state index contributed by atoms with van der Waals surface area (Å²) in [5, 5.41) is 2.76. The normalized spacial score (nSPS) is 12.3. The molecule has 0 saturated heterocycles. The summed E-state index contributed by atoms with van der Waals surface area (Å²) < 4.78 is 52.6. The lowest BCUT2D eigenvalue weighted by atomic mass is 10.1. The van der Waals surface area contributed by atoms with Gasteiger partial charge in [0.2, 0.25) is 21.8 Å². The molecule has 180 valence electrons. The first kappa shape index (κ1) is 26.2. The number of carbonyl (C=O) groups excluding carboxylic acids is 2. The molecule has 2 amide bonds. The van der Waals surface area contributed by atoms with E-state index in [4.69, 9.17) is 0 Å². The van der Waals surface area contributed by atoms with Crippen LogP contribution < -0.4 is 9.62 Å². The zero-order chi connectivity index (χ0) is 24.8. The number of hydrogen-bond donors (Lipinski definition) is 1. The van der Waals surface area contributed by atoms with Gasteiger partial charge in [-0.3, -0.25) is 13.9 Å². The van der Waals surface area contributed by atoms with E-state index in [1.54, 1.807) is 0 Å². The summed E-state index contributed by atoms with van der Waals surface area (Å²) >= 11 is 0. The number of rotatable bonds is 10. The number of benzene rings is 2. The third-order valence-electron chi connectivity index (χ3n) is 4.89. The van der Waals surface area contributed by atoms with Crippen LogP contribution in [-0.4, -0.2) is 50.5 Å². The molecule has 0 aliphatic rings. The van der Waals surface area contributed by atoms with Gasteiger partial charge in [-0.25, -0.2) is 17.2 Å². The molecular weight excluding hydrogens is 452 g/mol. The third-order valence-corrected chi connectivity index (χ3v) is 6.03. The van der Waals surface area contributed by atoms with Crippen LogP contribution in [0.15, 0.2) is 48.5 Å². The van der Waals surface area contributed by atoms with Crippen molar-refractivity contribution in [1.82, 2.24) is 10.2 Å². The highest BCUT2D eigenvalue weighted by Gasteiger charge is 2.30. The summed E-state index contributed by atoms with van der Waals surface area (Å²) in [6.07, 6.45) is 0.911. The highest BCUT2D eigenvalue weighted by molar-refractivity contribution is 7.92. The molecule has 0 aromatic heterocycles. The highest BCUT2D eigenvalue weighted by Crippen LogP contribution is 2.20. The minimum atomic E-state index is -3.94. The van der Waals surface area contributed by atoms with E-state index in [-0.39, 0.29) is 18.2 Å². The molecule has 33 heavy (non-hydrogen) atoms. The molecule has 7 nitrogen and oxygen atoms in total. The van der Waals surface area contributed by atoms with Crippen LogP contribution in [0.2, 0.25) is 0 Å². The summed E-state index contributed by atoms with van der Waals surface area (Å²) in [5.41, 5.74) is 0.550. The Bertz CT molecular complexity index is 1080. The molecule has 0 aliphatic carbocycles. The molecule has 10 heteroatoms. The fraction of sp³-hybridized carbons (Fsp3) is 0.391. The molecule has 0 fully saturated rings. The number of anilines is 1. The van der Waals surface area contributed by atoms with Gasteiger partial charge in [0.15, 0.2) is 0 Å². The molecule has 2 rings (SSSR count). The number of carbonyl (C=O) groups is 2. The summed E-state index contributed by atoms with van der Waals surface area (Å²) in [5.74, 6) is -1.99. The minimum Gasteiger partial charge on any atom is -0.354 e. The van der Waals surface area contributed by atoms with E-state index in [0.29, 0.717) is 12.1 Å². The van der Waals surface area contributed by atoms with Crippen molar-refractivity contribution in [2.45, 2.75) is 33.4 Å². The van der Waals surface area contributed by atoms with Crippen molar-refractivity contribution < 1.29 is 26.8 Å². The standard InChI is InChI=1S/C23H29F2N3O4S/c1-16(2)13-26-23(30)17(3)27(14-18-8-10-19(24)11-9-18)22(29)15-28(33(4,31)32)21-7-5-6-20(25)12-21/h5-12,16-17H,13-15H2,1-4H3,(H,26,30). The molecule has 1 atom stereocenters. The van der Waals surface area contributed by atoms with Gasteiger partial charge < -0.3 is 10.2 Å². The monoisotopic (exact) mass is 481 g/mol. The molecule has 0 saturated carbocycles. The molecule has 2 aromatic rings. The van der Waals surface area contributed by atoms with Crippen LogP contribution in [0.25, 0.3) is 0 Å². The fourth-order valence-electron chi connectivity index (χ4n) is 3.07. The van der Waals surface area contributed by atoms with E-state index >= 15 is 0 Å². The maximum absolute atomic E-state index is 13.7. The maximum Gasteiger partial charge on any atom is 0.244 e. The summed E-state index contributed by atoms with van der Waals surface area (Å²) in [4.78, 5) is 27.2. The highest BCUT2D eigenvalue weighted by atomic mass is 32.2. The third kappa shape index (κ3) is 7.81. The minimum absolute atomic E-state index is 0.00973. The maximum atomic E-state index is 13.7. The molecule has 0 radical (unpaired) electrons. The average Bonchev–Trinajstić information content (AvgIpc) is 2.73. The Labute approximate surface area is 193 Å². The zero-order valence-corrected chi connectivity index (χ0v) is 19.9. The van der Waals surface area contributed by atoms with Crippen LogP contribution in [0, 0.1) is 17.6 Å². The molecule has 1 unspecified atom stereocenters. The Hall–Kier alpha value is -3.01. The quantitative estimate of drug-likeness (QED) is 0.565.